The molecule has 7 heteroatoms. The van der Waals surface area contributed by atoms with Gasteiger partial charge in [-0.25, -0.2) is 4.39 Å². The summed E-state index contributed by atoms with van der Waals surface area (Å²) in [6.45, 7) is 1.30. The van der Waals surface area contributed by atoms with Gasteiger partial charge in [0.2, 0.25) is 0 Å². The van der Waals surface area contributed by atoms with Crippen LogP contribution >= 0.6 is 24.0 Å². The molecule has 0 spiro atoms. The molecular formula is C21H26FIN4O. The number of benzene rings is 2. The normalized spacial score (nSPS) is 12.5. The minimum Gasteiger partial charge on any atom is -0.375 e. The molecule has 5 nitrogen and oxygen atoms in total. The van der Waals surface area contributed by atoms with Gasteiger partial charge in [-0.3, -0.25) is 4.99 Å². The number of nitrogens with zero attached hydrogens (tertiary/aromatic N) is 1. The van der Waals surface area contributed by atoms with Crippen molar-refractivity contribution in [2.75, 3.05) is 27.2 Å². The van der Waals surface area contributed by atoms with Crippen molar-refractivity contribution in [3.63, 3.8) is 0 Å². The first-order valence-electron chi connectivity index (χ1n) is 8.99. The number of halogens is 2. The zero-order chi connectivity index (χ0) is 19.1. The van der Waals surface area contributed by atoms with E-state index in [1.54, 1.807) is 26.3 Å². The molecule has 3 rings (SSSR count). The lowest BCUT2D eigenvalue weighted by Crippen LogP contribution is -2.40. The minimum atomic E-state index is -0.253. The van der Waals surface area contributed by atoms with Crippen molar-refractivity contribution >= 4 is 40.8 Å². The third kappa shape index (κ3) is 5.68. The van der Waals surface area contributed by atoms with Crippen molar-refractivity contribution in [3.05, 3.63) is 71.7 Å². The van der Waals surface area contributed by atoms with E-state index in [-0.39, 0.29) is 35.9 Å². The summed E-state index contributed by atoms with van der Waals surface area (Å²) in [7, 11) is 3.38. The number of aliphatic imine (C=N–C) groups is 1. The highest BCUT2D eigenvalue weighted by atomic mass is 127. The SMILES string of the molecule is CN=C(NCCc1c[nH]c2ccccc12)NCC(OC)c1ccc(F)cc1.I. The molecule has 3 aromatic rings. The highest BCUT2D eigenvalue weighted by molar-refractivity contribution is 14.0. The van der Waals surface area contributed by atoms with Crippen LogP contribution in [0.25, 0.3) is 10.9 Å². The Labute approximate surface area is 181 Å². The van der Waals surface area contributed by atoms with E-state index in [0.717, 1.165) is 24.0 Å². The smallest absolute Gasteiger partial charge is 0.191 e. The van der Waals surface area contributed by atoms with Gasteiger partial charge in [0.1, 0.15) is 5.82 Å². The predicted molar refractivity (Wildman–Crippen MR) is 123 cm³/mol. The van der Waals surface area contributed by atoms with E-state index in [4.69, 9.17) is 4.74 Å². The van der Waals surface area contributed by atoms with Gasteiger partial charge >= 0.3 is 0 Å². The number of hydrogen-bond acceptors (Lipinski definition) is 2. The van der Waals surface area contributed by atoms with Crippen molar-refractivity contribution < 1.29 is 9.13 Å². The summed E-state index contributed by atoms with van der Waals surface area (Å²) in [4.78, 5) is 7.55. The first-order valence-corrected chi connectivity index (χ1v) is 8.99. The molecule has 1 heterocycles. The molecular weight excluding hydrogens is 470 g/mol. The van der Waals surface area contributed by atoms with Gasteiger partial charge in [0, 0.05) is 44.3 Å². The van der Waals surface area contributed by atoms with E-state index in [1.807, 2.05) is 12.1 Å². The first kappa shape index (κ1) is 22.2. The van der Waals surface area contributed by atoms with Crippen molar-refractivity contribution in [2.45, 2.75) is 12.5 Å². The number of methoxy groups -OCH3 is 1. The number of aromatic amines is 1. The molecule has 28 heavy (non-hydrogen) atoms. The highest BCUT2D eigenvalue weighted by Crippen LogP contribution is 2.18. The van der Waals surface area contributed by atoms with Gasteiger partial charge in [-0.2, -0.15) is 0 Å². The molecule has 0 radical (unpaired) electrons. The van der Waals surface area contributed by atoms with Crippen LogP contribution in [0.2, 0.25) is 0 Å². The van der Waals surface area contributed by atoms with Crippen LogP contribution in [0.5, 0.6) is 0 Å². The van der Waals surface area contributed by atoms with Gasteiger partial charge in [0.05, 0.1) is 6.10 Å². The number of aromatic nitrogens is 1. The molecule has 150 valence electrons. The molecule has 0 saturated carbocycles. The second-order valence-corrected chi connectivity index (χ2v) is 6.27. The molecule has 0 bridgehead atoms. The second-order valence-electron chi connectivity index (χ2n) is 6.27. The van der Waals surface area contributed by atoms with Gasteiger partial charge in [-0.05, 0) is 35.7 Å². The summed E-state index contributed by atoms with van der Waals surface area (Å²) < 4.78 is 18.6. The topological polar surface area (TPSA) is 61.4 Å². The second kappa shape index (κ2) is 11.0. The van der Waals surface area contributed by atoms with Crippen LogP contribution in [0.15, 0.2) is 59.7 Å². The highest BCUT2D eigenvalue weighted by Gasteiger charge is 2.11. The average Bonchev–Trinajstić information content (AvgIpc) is 3.11. The van der Waals surface area contributed by atoms with Crippen LogP contribution in [0.1, 0.15) is 17.2 Å². The molecule has 0 fully saturated rings. The Morgan fingerprint density at radius 2 is 1.89 bits per heavy atom. The van der Waals surface area contributed by atoms with Crippen molar-refractivity contribution in [3.8, 4) is 0 Å². The van der Waals surface area contributed by atoms with Gasteiger partial charge in [0.15, 0.2) is 5.96 Å². The number of guanidine groups is 1. The molecule has 0 saturated heterocycles. The van der Waals surface area contributed by atoms with E-state index in [1.165, 1.54) is 23.1 Å². The standard InChI is InChI=1S/C21H25FN4O.HI/c1-23-21(26-14-20(27-2)15-7-9-17(22)10-8-15)24-12-11-16-13-25-19-6-4-3-5-18(16)19;/h3-10,13,20,25H,11-12,14H2,1-2H3,(H2,23,24,26);1H. The molecule has 1 unspecified atom stereocenters. The molecule has 0 aliphatic heterocycles. The van der Waals surface area contributed by atoms with Gasteiger partial charge < -0.3 is 20.4 Å². The number of fused-ring (bicyclic) bond motifs is 1. The summed E-state index contributed by atoms with van der Waals surface area (Å²) in [5.41, 5.74) is 3.34. The van der Waals surface area contributed by atoms with Crippen LogP contribution in [0.3, 0.4) is 0 Å². The molecule has 0 amide bonds. The van der Waals surface area contributed by atoms with Crippen LogP contribution < -0.4 is 10.6 Å². The monoisotopic (exact) mass is 496 g/mol. The summed E-state index contributed by atoms with van der Waals surface area (Å²) >= 11 is 0. The number of H-pyrrole nitrogens is 1. The van der Waals surface area contributed by atoms with Crippen LogP contribution in [0, 0.1) is 5.82 Å². The fourth-order valence-electron chi connectivity index (χ4n) is 3.08. The first-order chi connectivity index (χ1) is 13.2. The third-order valence-corrected chi connectivity index (χ3v) is 4.57. The van der Waals surface area contributed by atoms with E-state index in [9.17, 15) is 4.39 Å². The largest absolute Gasteiger partial charge is 0.375 e. The quantitative estimate of drug-likeness (QED) is 0.263. The Hall–Kier alpha value is -2.13. The van der Waals surface area contributed by atoms with E-state index < -0.39 is 0 Å². The minimum absolute atomic E-state index is 0. The van der Waals surface area contributed by atoms with E-state index in [0.29, 0.717) is 12.5 Å². The maximum atomic E-state index is 13.1. The zero-order valence-corrected chi connectivity index (χ0v) is 18.4. The summed E-state index contributed by atoms with van der Waals surface area (Å²) in [6, 6.07) is 14.6. The van der Waals surface area contributed by atoms with Crippen LogP contribution in [-0.2, 0) is 11.2 Å². The van der Waals surface area contributed by atoms with E-state index >= 15 is 0 Å². The molecule has 0 aliphatic rings. The predicted octanol–water partition coefficient (Wildman–Crippen LogP) is 4.02. The lowest BCUT2D eigenvalue weighted by atomic mass is 10.1. The summed E-state index contributed by atoms with van der Waals surface area (Å²) in [5, 5.41) is 7.83. The lowest BCUT2D eigenvalue weighted by Gasteiger charge is -2.18. The van der Waals surface area contributed by atoms with Crippen molar-refractivity contribution in [2.24, 2.45) is 4.99 Å². The summed E-state index contributed by atoms with van der Waals surface area (Å²) in [5.74, 6) is 0.454. The van der Waals surface area contributed by atoms with Gasteiger partial charge in [-0.1, -0.05) is 30.3 Å². The Balaban J connectivity index is 0.00000280. The number of hydrogen-bond donors (Lipinski definition) is 3. The Bertz CT molecular complexity index is 895. The fourth-order valence-corrected chi connectivity index (χ4v) is 3.08. The maximum Gasteiger partial charge on any atom is 0.191 e. The average molecular weight is 496 g/mol. The maximum absolute atomic E-state index is 13.1. The lowest BCUT2D eigenvalue weighted by molar-refractivity contribution is 0.106. The summed E-state index contributed by atoms with van der Waals surface area (Å²) in [6.07, 6.45) is 2.76. The van der Waals surface area contributed by atoms with Crippen molar-refractivity contribution in [1.29, 1.82) is 0 Å². The number of para-hydroxylation sites is 1. The fraction of sp³-hybridized carbons (Fsp3) is 0.286. The number of ether oxygens (including phenoxy) is 1. The molecule has 0 aliphatic carbocycles. The zero-order valence-electron chi connectivity index (χ0n) is 16.0. The number of nitrogens with one attached hydrogen (secondary N) is 3. The van der Waals surface area contributed by atoms with Crippen molar-refractivity contribution in [1.82, 2.24) is 15.6 Å². The van der Waals surface area contributed by atoms with Crippen LogP contribution in [0.4, 0.5) is 4.39 Å². The third-order valence-electron chi connectivity index (χ3n) is 4.57. The molecule has 2 aromatic carbocycles. The van der Waals surface area contributed by atoms with Gasteiger partial charge in [0.25, 0.3) is 0 Å². The number of rotatable bonds is 7. The molecule has 1 aromatic heterocycles. The Morgan fingerprint density at radius 3 is 2.61 bits per heavy atom. The Morgan fingerprint density at radius 1 is 1.14 bits per heavy atom. The molecule has 3 N–H and O–H groups in total. The molecule has 1 atom stereocenters. The van der Waals surface area contributed by atoms with E-state index in [2.05, 4.69) is 38.9 Å². The van der Waals surface area contributed by atoms with Crippen LogP contribution in [-0.4, -0.2) is 38.2 Å². The van der Waals surface area contributed by atoms with Gasteiger partial charge in [-0.15, -0.1) is 24.0 Å². The Kier molecular flexibility index (Phi) is 8.72.